The van der Waals surface area contributed by atoms with Gasteiger partial charge in [0.1, 0.15) is 6.54 Å². The molecule has 1 N–H and O–H groups in total. The summed E-state index contributed by atoms with van der Waals surface area (Å²) in [5.41, 5.74) is 0.758. The quantitative estimate of drug-likeness (QED) is 0.890. The summed E-state index contributed by atoms with van der Waals surface area (Å²) in [6.45, 7) is 0.408. The van der Waals surface area contributed by atoms with Crippen LogP contribution in [-0.4, -0.2) is 42.1 Å². The highest BCUT2D eigenvalue weighted by atomic mass is 19.4. The van der Waals surface area contributed by atoms with Crippen LogP contribution in [0.2, 0.25) is 0 Å². The number of aromatic nitrogens is 1. The number of halogens is 3. The number of likely N-dealkylation sites (N-methyl/N-ethyl adjacent to an activating group) is 1. The maximum atomic E-state index is 11.9. The van der Waals surface area contributed by atoms with Crippen molar-refractivity contribution in [1.29, 1.82) is 0 Å². The number of carbonyl (C=O) groups is 1. The summed E-state index contributed by atoms with van der Waals surface area (Å²) >= 11 is 0. The second-order valence-corrected chi connectivity index (χ2v) is 4.24. The van der Waals surface area contributed by atoms with E-state index >= 15 is 0 Å². The Balaban J connectivity index is 2.46. The molecule has 1 heterocycles. The molecule has 4 nitrogen and oxygen atoms in total. The fourth-order valence-electron chi connectivity index (χ4n) is 1.47. The van der Waals surface area contributed by atoms with Gasteiger partial charge in [-0.3, -0.25) is 14.7 Å². The topological polar surface area (TPSA) is 45.2 Å². The summed E-state index contributed by atoms with van der Waals surface area (Å²) in [6, 6.07) is 5.23. The van der Waals surface area contributed by atoms with Crippen LogP contribution in [0.4, 0.5) is 13.2 Å². The number of hydrogen-bond acceptors (Lipinski definition) is 3. The van der Waals surface area contributed by atoms with Gasteiger partial charge in [0, 0.05) is 12.2 Å². The SMILES string of the molecule is CC(c1ccccn1)N(C)CC(=O)NCC(F)(F)F. The minimum absolute atomic E-state index is 0.117. The van der Waals surface area contributed by atoms with E-state index < -0.39 is 18.6 Å². The Labute approximate surface area is 109 Å². The normalized spacial score (nSPS) is 13.4. The molecule has 0 aliphatic rings. The Morgan fingerprint density at radius 2 is 2.16 bits per heavy atom. The van der Waals surface area contributed by atoms with Crippen molar-refractivity contribution in [1.82, 2.24) is 15.2 Å². The first-order chi connectivity index (χ1) is 8.79. The molecule has 7 heteroatoms. The van der Waals surface area contributed by atoms with Crippen molar-refractivity contribution < 1.29 is 18.0 Å². The Morgan fingerprint density at radius 3 is 2.68 bits per heavy atom. The average molecular weight is 275 g/mol. The van der Waals surface area contributed by atoms with Crippen LogP contribution >= 0.6 is 0 Å². The molecule has 1 rings (SSSR count). The number of rotatable bonds is 5. The molecule has 106 valence electrons. The van der Waals surface area contributed by atoms with Gasteiger partial charge in [0.05, 0.1) is 12.2 Å². The number of amides is 1. The van der Waals surface area contributed by atoms with Gasteiger partial charge < -0.3 is 5.32 Å². The van der Waals surface area contributed by atoms with Crippen LogP contribution in [0.5, 0.6) is 0 Å². The lowest BCUT2D eigenvalue weighted by Gasteiger charge is -2.23. The molecule has 19 heavy (non-hydrogen) atoms. The maximum absolute atomic E-state index is 11.9. The first kappa shape index (κ1) is 15.4. The molecule has 0 spiro atoms. The zero-order chi connectivity index (χ0) is 14.5. The monoisotopic (exact) mass is 275 g/mol. The second kappa shape index (κ2) is 6.51. The number of pyridine rings is 1. The van der Waals surface area contributed by atoms with Crippen molar-refractivity contribution in [3.8, 4) is 0 Å². The standard InChI is InChI=1S/C12H16F3N3O/c1-9(10-5-3-4-6-16-10)18(2)7-11(19)17-8-12(13,14)15/h3-6,9H,7-8H2,1-2H3,(H,17,19). The Hall–Kier alpha value is -1.63. The van der Waals surface area contributed by atoms with Crippen molar-refractivity contribution in [2.45, 2.75) is 19.1 Å². The van der Waals surface area contributed by atoms with E-state index in [1.54, 1.807) is 30.3 Å². The lowest BCUT2D eigenvalue weighted by atomic mass is 10.2. The molecule has 0 aliphatic carbocycles. The largest absolute Gasteiger partial charge is 0.405 e. The van der Waals surface area contributed by atoms with E-state index in [4.69, 9.17) is 0 Å². The van der Waals surface area contributed by atoms with E-state index in [2.05, 4.69) is 4.98 Å². The van der Waals surface area contributed by atoms with Gasteiger partial charge in [-0.25, -0.2) is 0 Å². The highest BCUT2D eigenvalue weighted by Crippen LogP contribution is 2.15. The predicted octanol–water partition coefficient (Wildman–Crippen LogP) is 1.75. The molecule has 0 bridgehead atoms. The highest BCUT2D eigenvalue weighted by Gasteiger charge is 2.28. The van der Waals surface area contributed by atoms with Gasteiger partial charge >= 0.3 is 6.18 Å². The van der Waals surface area contributed by atoms with Gasteiger partial charge in [-0.2, -0.15) is 13.2 Å². The lowest BCUT2D eigenvalue weighted by molar-refractivity contribution is -0.139. The van der Waals surface area contributed by atoms with Crippen LogP contribution in [0.1, 0.15) is 18.7 Å². The summed E-state index contributed by atoms with van der Waals surface area (Å²) < 4.78 is 35.8. The molecular weight excluding hydrogens is 259 g/mol. The van der Waals surface area contributed by atoms with Crippen molar-refractivity contribution in [3.05, 3.63) is 30.1 Å². The lowest BCUT2D eigenvalue weighted by Crippen LogP contribution is -2.40. The number of hydrogen-bond donors (Lipinski definition) is 1. The van der Waals surface area contributed by atoms with E-state index in [9.17, 15) is 18.0 Å². The molecule has 0 saturated heterocycles. The molecule has 1 atom stereocenters. The fourth-order valence-corrected chi connectivity index (χ4v) is 1.47. The summed E-state index contributed by atoms with van der Waals surface area (Å²) in [6.07, 6.45) is -2.76. The molecule has 1 aromatic rings. The fraction of sp³-hybridized carbons (Fsp3) is 0.500. The van der Waals surface area contributed by atoms with Crippen LogP contribution in [0, 0.1) is 0 Å². The maximum Gasteiger partial charge on any atom is 0.405 e. The molecule has 0 radical (unpaired) electrons. The van der Waals surface area contributed by atoms with E-state index in [1.807, 2.05) is 18.3 Å². The molecule has 0 aliphatic heterocycles. The number of alkyl halides is 3. The second-order valence-electron chi connectivity index (χ2n) is 4.24. The minimum Gasteiger partial charge on any atom is -0.346 e. The zero-order valence-corrected chi connectivity index (χ0v) is 10.7. The number of nitrogens with zero attached hydrogens (tertiary/aromatic N) is 2. The highest BCUT2D eigenvalue weighted by molar-refractivity contribution is 5.78. The van der Waals surface area contributed by atoms with Gasteiger partial charge in [-0.15, -0.1) is 0 Å². The molecular formula is C12H16F3N3O. The first-order valence-electron chi connectivity index (χ1n) is 5.74. The molecule has 0 fully saturated rings. The van der Waals surface area contributed by atoms with Crippen LogP contribution in [-0.2, 0) is 4.79 Å². The Bertz CT molecular complexity index is 408. The minimum atomic E-state index is -4.39. The number of carbonyl (C=O) groups excluding carboxylic acids is 1. The molecule has 0 saturated carbocycles. The van der Waals surface area contributed by atoms with E-state index in [-0.39, 0.29) is 12.6 Å². The Kier molecular flexibility index (Phi) is 5.29. The van der Waals surface area contributed by atoms with Crippen LogP contribution < -0.4 is 5.32 Å². The molecule has 0 aromatic carbocycles. The number of nitrogens with one attached hydrogen (secondary N) is 1. The van der Waals surface area contributed by atoms with Crippen molar-refractivity contribution in [3.63, 3.8) is 0 Å². The van der Waals surface area contributed by atoms with Crippen LogP contribution in [0.3, 0.4) is 0 Å². The molecule has 1 amide bonds. The third-order valence-electron chi connectivity index (χ3n) is 2.66. The van der Waals surface area contributed by atoms with Crippen molar-refractivity contribution >= 4 is 5.91 Å². The van der Waals surface area contributed by atoms with E-state index in [1.165, 1.54) is 0 Å². The van der Waals surface area contributed by atoms with Crippen molar-refractivity contribution in [2.24, 2.45) is 0 Å². The summed E-state index contributed by atoms with van der Waals surface area (Å²) in [5.74, 6) is -0.664. The van der Waals surface area contributed by atoms with Crippen molar-refractivity contribution in [2.75, 3.05) is 20.1 Å². The molecule has 1 unspecified atom stereocenters. The van der Waals surface area contributed by atoms with Gasteiger partial charge in [0.15, 0.2) is 0 Å². The van der Waals surface area contributed by atoms with Gasteiger partial charge in [0.2, 0.25) is 5.91 Å². The van der Waals surface area contributed by atoms with Crippen LogP contribution in [0.15, 0.2) is 24.4 Å². The van der Waals surface area contributed by atoms with E-state index in [0.717, 1.165) is 5.69 Å². The predicted molar refractivity (Wildman–Crippen MR) is 64.3 cm³/mol. The smallest absolute Gasteiger partial charge is 0.346 e. The van der Waals surface area contributed by atoms with Gasteiger partial charge in [0.25, 0.3) is 0 Å². The summed E-state index contributed by atoms with van der Waals surface area (Å²) in [5, 5.41) is 1.83. The third-order valence-corrected chi connectivity index (χ3v) is 2.66. The first-order valence-corrected chi connectivity index (χ1v) is 5.74. The van der Waals surface area contributed by atoms with Gasteiger partial charge in [-0.05, 0) is 26.1 Å². The summed E-state index contributed by atoms with van der Waals surface area (Å²) in [7, 11) is 1.66. The van der Waals surface area contributed by atoms with Gasteiger partial charge in [-0.1, -0.05) is 6.07 Å². The summed E-state index contributed by atoms with van der Waals surface area (Å²) in [4.78, 5) is 17.1. The average Bonchev–Trinajstić information content (AvgIpc) is 2.35. The van der Waals surface area contributed by atoms with Crippen LogP contribution in [0.25, 0.3) is 0 Å². The third kappa shape index (κ3) is 5.69. The molecule has 1 aromatic heterocycles. The van der Waals surface area contributed by atoms with E-state index in [0.29, 0.717) is 0 Å². The zero-order valence-electron chi connectivity index (χ0n) is 10.7. The Morgan fingerprint density at radius 1 is 1.47 bits per heavy atom.